The van der Waals surface area contributed by atoms with E-state index in [9.17, 15) is 4.79 Å². The van der Waals surface area contributed by atoms with E-state index in [1.807, 2.05) is 40.8 Å². The van der Waals surface area contributed by atoms with E-state index in [1.54, 1.807) is 0 Å². The summed E-state index contributed by atoms with van der Waals surface area (Å²) in [6.07, 6.45) is 0. The molecule has 0 N–H and O–H groups in total. The van der Waals surface area contributed by atoms with Gasteiger partial charge in [-0.25, -0.2) is 0 Å². The molecule has 35 heavy (non-hydrogen) atoms. The molecule has 1 saturated heterocycles. The molecule has 1 aliphatic rings. The molecule has 1 fully saturated rings. The van der Waals surface area contributed by atoms with Crippen molar-refractivity contribution in [3.63, 3.8) is 0 Å². The van der Waals surface area contributed by atoms with Crippen molar-refractivity contribution in [2.24, 2.45) is 0 Å². The number of carbonyl (C=O) groups excluding carboxylic acids is 1. The summed E-state index contributed by atoms with van der Waals surface area (Å²) in [6.45, 7) is 7.93. The van der Waals surface area contributed by atoms with Crippen LogP contribution in [-0.4, -0.2) is 51.7 Å². The fourth-order valence-corrected chi connectivity index (χ4v) is 5.01. The molecule has 178 valence electrons. The lowest BCUT2D eigenvalue weighted by molar-refractivity contribution is 0.0597. The van der Waals surface area contributed by atoms with Gasteiger partial charge in [-0.1, -0.05) is 72.8 Å². The normalized spacial score (nSPS) is 14.4. The van der Waals surface area contributed by atoms with Gasteiger partial charge in [-0.15, -0.1) is 0 Å². The predicted octanol–water partition coefficient (Wildman–Crippen LogP) is 5.10. The molecule has 0 bridgehead atoms. The van der Waals surface area contributed by atoms with E-state index < -0.39 is 0 Å². The van der Waals surface area contributed by atoms with Crippen LogP contribution in [0, 0.1) is 13.8 Å². The van der Waals surface area contributed by atoms with E-state index in [0.29, 0.717) is 6.54 Å². The molecule has 0 saturated carbocycles. The molecule has 0 atom stereocenters. The zero-order valence-corrected chi connectivity index (χ0v) is 20.5. The van der Waals surface area contributed by atoms with E-state index in [-0.39, 0.29) is 11.9 Å². The Morgan fingerprint density at radius 1 is 0.800 bits per heavy atom. The smallest absolute Gasteiger partial charge is 0.253 e. The topological polar surface area (TPSA) is 41.4 Å². The first-order chi connectivity index (χ1) is 17.1. The molecule has 5 rings (SSSR count). The first-order valence-corrected chi connectivity index (χ1v) is 12.3. The van der Waals surface area contributed by atoms with Crippen molar-refractivity contribution in [2.75, 3.05) is 26.2 Å². The lowest BCUT2D eigenvalue weighted by Crippen LogP contribution is -2.49. The maximum absolute atomic E-state index is 13.2. The third kappa shape index (κ3) is 5.20. The number of aryl methyl sites for hydroxylation is 2. The summed E-state index contributed by atoms with van der Waals surface area (Å²) in [4.78, 5) is 17.7. The second-order valence-electron chi connectivity index (χ2n) is 9.33. The number of aromatic nitrogens is 2. The van der Waals surface area contributed by atoms with Gasteiger partial charge >= 0.3 is 0 Å². The fourth-order valence-electron chi connectivity index (χ4n) is 5.01. The molecule has 5 heteroatoms. The maximum Gasteiger partial charge on any atom is 0.253 e. The van der Waals surface area contributed by atoms with Gasteiger partial charge in [0.25, 0.3) is 5.91 Å². The average molecular weight is 465 g/mol. The lowest BCUT2D eigenvalue weighted by Gasteiger charge is -2.39. The summed E-state index contributed by atoms with van der Waals surface area (Å²) in [6, 6.07) is 31.6. The third-order valence-corrected chi connectivity index (χ3v) is 6.83. The molecule has 2 heterocycles. The Bertz CT molecular complexity index is 1220. The van der Waals surface area contributed by atoms with Gasteiger partial charge in [0.15, 0.2) is 0 Å². The Kier molecular flexibility index (Phi) is 6.77. The van der Waals surface area contributed by atoms with E-state index in [4.69, 9.17) is 0 Å². The molecule has 0 spiro atoms. The van der Waals surface area contributed by atoms with Gasteiger partial charge in [0.2, 0.25) is 0 Å². The van der Waals surface area contributed by atoms with Crippen molar-refractivity contribution in [3.8, 4) is 0 Å². The minimum atomic E-state index is 0.110. The highest BCUT2D eigenvalue weighted by molar-refractivity contribution is 5.94. The molecule has 0 aliphatic carbocycles. The van der Waals surface area contributed by atoms with Crippen LogP contribution in [0.4, 0.5) is 0 Å². The summed E-state index contributed by atoms with van der Waals surface area (Å²) in [5.74, 6) is 0.110. The van der Waals surface area contributed by atoms with Crippen molar-refractivity contribution in [1.29, 1.82) is 0 Å². The minimum absolute atomic E-state index is 0.110. The minimum Gasteiger partial charge on any atom is -0.336 e. The Hall–Kier alpha value is -3.70. The Morgan fingerprint density at radius 3 is 1.89 bits per heavy atom. The Labute approximate surface area is 207 Å². The molecule has 0 radical (unpaired) electrons. The zero-order chi connectivity index (χ0) is 24.2. The van der Waals surface area contributed by atoms with Crippen molar-refractivity contribution in [1.82, 2.24) is 19.6 Å². The standard InChI is InChI=1S/C30H32N4O/c1-23-21-24(2)34(31-23)22-25-13-15-28(16-14-25)30(35)33-19-17-32(18-20-33)29(26-9-5-3-6-10-26)27-11-7-4-8-12-27/h3-16,21,29H,17-20,22H2,1-2H3. The molecule has 3 aromatic carbocycles. The maximum atomic E-state index is 13.2. The summed E-state index contributed by atoms with van der Waals surface area (Å²) in [5.41, 5.74) is 6.64. The number of nitrogens with zero attached hydrogens (tertiary/aromatic N) is 4. The van der Waals surface area contributed by atoms with Crippen LogP contribution >= 0.6 is 0 Å². The van der Waals surface area contributed by atoms with Crippen LogP contribution < -0.4 is 0 Å². The Morgan fingerprint density at radius 2 is 1.37 bits per heavy atom. The number of hydrogen-bond acceptors (Lipinski definition) is 3. The molecule has 0 unspecified atom stereocenters. The number of hydrogen-bond donors (Lipinski definition) is 0. The quantitative estimate of drug-likeness (QED) is 0.399. The van der Waals surface area contributed by atoms with Crippen LogP contribution in [0.25, 0.3) is 0 Å². The number of rotatable bonds is 6. The van der Waals surface area contributed by atoms with Crippen LogP contribution in [0.1, 0.15) is 44.5 Å². The first-order valence-electron chi connectivity index (χ1n) is 12.3. The molecule has 4 aromatic rings. The van der Waals surface area contributed by atoms with Gasteiger partial charge in [0.05, 0.1) is 18.3 Å². The number of piperazine rings is 1. The molecule has 5 nitrogen and oxygen atoms in total. The summed E-state index contributed by atoms with van der Waals surface area (Å²) >= 11 is 0. The third-order valence-electron chi connectivity index (χ3n) is 6.83. The van der Waals surface area contributed by atoms with Crippen LogP contribution in [0.15, 0.2) is 91.0 Å². The number of benzene rings is 3. The van der Waals surface area contributed by atoms with E-state index in [1.165, 1.54) is 11.1 Å². The van der Waals surface area contributed by atoms with Gasteiger partial charge in [0, 0.05) is 37.4 Å². The number of carbonyl (C=O) groups is 1. The highest BCUT2D eigenvalue weighted by Gasteiger charge is 2.28. The highest BCUT2D eigenvalue weighted by Crippen LogP contribution is 2.29. The Balaban J connectivity index is 1.25. The summed E-state index contributed by atoms with van der Waals surface area (Å²) in [7, 11) is 0. The van der Waals surface area contributed by atoms with Crippen LogP contribution in [0.2, 0.25) is 0 Å². The summed E-state index contributed by atoms with van der Waals surface area (Å²) in [5, 5.41) is 4.54. The largest absolute Gasteiger partial charge is 0.336 e. The fraction of sp³-hybridized carbons (Fsp3) is 0.267. The van der Waals surface area contributed by atoms with E-state index in [0.717, 1.165) is 48.7 Å². The van der Waals surface area contributed by atoms with Crippen molar-refractivity contribution in [2.45, 2.75) is 26.4 Å². The van der Waals surface area contributed by atoms with Gasteiger partial charge in [0.1, 0.15) is 0 Å². The molecule has 1 aromatic heterocycles. The molecule has 1 aliphatic heterocycles. The second kappa shape index (κ2) is 10.3. The van der Waals surface area contributed by atoms with Crippen LogP contribution in [-0.2, 0) is 6.54 Å². The molecular formula is C30H32N4O. The molecular weight excluding hydrogens is 432 g/mol. The summed E-state index contributed by atoms with van der Waals surface area (Å²) < 4.78 is 2.00. The highest BCUT2D eigenvalue weighted by atomic mass is 16.2. The SMILES string of the molecule is Cc1cc(C)n(Cc2ccc(C(=O)N3CCN(C(c4ccccc4)c4ccccc4)CC3)cc2)n1. The lowest BCUT2D eigenvalue weighted by atomic mass is 9.96. The van der Waals surface area contributed by atoms with Gasteiger partial charge in [-0.3, -0.25) is 14.4 Å². The van der Waals surface area contributed by atoms with Crippen molar-refractivity contribution < 1.29 is 4.79 Å². The number of amides is 1. The van der Waals surface area contributed by atoms with Gasteiger partial charge in [-0.2, -0.15) is 5.10 Å². The first kappa shape index (κ1) is 23.1. The average Bonchev–Trinajstić information content (AvgIpc) is 3.22. The second-order valence-corrected chi connectivity index (χ2v) is 9.33. The van der Waals surface area contributed by atoms with Crippen LogP contribution in [0.3, 0.4) is 0 Å². The van der Waals surface area contributed by atoms with E-state index >= 15 is 0 Å². The van der Waals surface area contributed by atoms with Gasteiger partial charge < -0.3 is 4.90 Å². The van der Waals surface area contributed by atoms with E-state index in [2.05, 4.69) is 83.7 Å². The van der Waals surface area contributed by atoms with Crippen molar-refractivity contribution in [3.05, 3.63) is 125 Å². The molecule has 1 amide bonds. The zero-order valence-electron chi connectivity index (χ0n) is 20.5. The van der Waals surface area contributed by atoms with Crippen LogP contribution in [0.5, 0.6) is 0 Å². The van der Waals surface area contributed by atoms with Gasteiger partial charge in [-0.05, 0) is 48.7 Å². The van der Waals surface area contributed by atoms with Crippen molar-refractivity contribution >= 4 is 5.91 Å². The monoisotopic (exact) mass is 464 g/mol. The predicted molar refractivity (Wildman–Crippen MR) is 139 cm³/mol.